The van der Waals surface area contributed by atoms with E-state index in [2.05, 4.69) is 9.97 Å². The second-order valence-corrected chi connectivity index (χ2v) is 8.46. The molecule has 4 aromatic rings. The number of imidazole rings is 1. The van der Waals surface area contributed by atoms with Gasteiger partial charge in [0.1, 0.15) is 11.6 Å². The van der Waals surface area contributed by atoms with Crippen molar-refractivity contribution in [3.63, 3.8) is 0 Å². The lowest BCUT2D eigenvalue weighted by atomic mass is 9.91. The van der Waals surface area contributed by atoms with E-state index >= 15 is 0 Å². The zero-order valence-electron chi connectivity index (χ0n) is 18.3. The summed E-state index contributed by atoms with van der Waals surface area (Å²) in [5, 5.41) is 0. The maximum absolute atomic E-state index is 13.5. The van der Waals surface area contributed by atoms with Crippen LogP contribution in [0.3, 0.4) is 0 Å². The number of nitrogens with zero attached hydrogens (tertiary/aromatic N) is 3. The van der Waals surface area contributed by atoms with Crippen molar-refractivity contribution in [3.8, 4) is 22.5 Å². The van der Waals surface area contributed by atoms with Crippen molar-refractivity contribution < 1.29 is 9.18 Å². The normalized spacial score (nSPS) is 11.4. The highest BCUT2D eigenvalue weighted by Crippen LogP contribution is 2.34. The van der Waals surface area contributed by atoms with Crippen molar-refractivity contribution in [1.82, 2.24) is 19.9 Å². The van der Waals surface area contributed by atoms with E-state index in [1.807, 2.05) is 56.3 Å². The number of amides is 1. The van der Waals surface area contributed by atoms with Crippen molar-refractivity contribution in [2.45, 2.75) is 19.3 Å². The number of aromatic amines is 1. The van der Waals surface area contributed by atoms with E-state index in [-0.39, 0.29) is 11.7 Å². The minimum absolute atomic E-state index is 0.0432. The molecule has 2 aromatic heterocycles. The predicted molar refractivity (Wildman–Crippen MR) is 124 cm³/mol. The molecule has 6 heteroatoms. The molecule has 1 amide bonds. The highest BCUT2D eigenvalue weighted by atomic mass is 19.1. The van der Waals surface area contributed by atoms with Crippen LogP contribution in [-0.2, 0) is 5.41 Å². The highest BCUT2D eigenvalue weighted by molar-refractivity contribution is 5.94. The lowest BCUT2D eigenvalue weighted by Crippen LogP contribution is -2.39. The van der Waals surface area contributed by atoms with Crippen molar-refractivity contribution in [2.24, 2.45) is 0 Å². The molecule has 0 saturated carbocycles. The molecule has 32 heavy (non-hydrogen) atoms. The van der Waals surface area contributed by atoms with Gasteiger partial charge in [-0.2, -0.15) is 0 Å². The summed E-state index contributed by atoms with van der Waals surface area (Å²) >= 11 is 0. The summed E-state index contributed by atoms with van der Waals surface area (Å²) in [6, 6.07) is 19.3. The molecule has 2 heterocycles. The summed E-state index contributed by atoms with van der Waals surface area (Å²) in [5.74, 6) is 0.408. The van der Waals surface area contributed by atoms with Crippen molar-refractivity contribution in [1.29, 1.82) is 0 Å². The molecule has 0 bridgehead atoms. The first kappa shape index (κ1) is 21.4. The number of rotatable bonds is 6. The van der Waals surface area contributed by atoms with Crippen LogP contribution in [0, 0.1) is 5.82 Å². The van der Waals surface area contributed by atoms with Crippen LogP contribution >= 0.6 is 0 Å². The summed E-state index contributed by atoms with van der Waals surface area (Å²) in [4.78, 5) is 27.0. The number of pyridine rings is 1. The van der Waals surface area contributed by atoms with Gasteiger partial charge in [0, 0.05) is 48.1 Å². The Morgan fingerprint density at radius 1 is 0.969 bits per heavy atom. The summed E-state index contributed by atoms with van der Waals surface area (Å²) in [6.07, 6.45) is 3.45. The lowest BCUT2D eigenvalue weighted by Gasteiger charge is -2.29. The first-order valence-electron chi connectivity index (χ1n) is 10.4. The minimum Gasteiger partial charge on any atom is -0.341 e. The number of H-pyrrole nitrogens is 1. The van der Waals surface area contributed by atoms with Gasteiger partial charge in [-0.1, -0.05) is 32.0 Å². The average Bonchev–Trinajstić information content (AvgIpc) is 3.26. The van der Waals surface area contributed by atoms with Gasteiger partial charge in [-0.3, -0.25) is 9.78 Å². The van der Waals surface area contributed by atoms with Gasteiger partial charge >= 0.3 is 0 Å². The molecule has 4 rings (SSSR count). The van der Waals surface area contributed by atoms with Crippen molar-refractivity contribution in [2.75, 3.05) is 13.6 Å². The molecule has 0 aliphatic heterocycles. The number of nitrogens with one attached hydrogen (secondary N) is 1. The lowest BCUT2D eigenvalue weighted by molar-refractivity contribution is 0.0765. The molecule has 0 atom stereocenters. The first-order valence-corrected chi connectivity index (χ1v) is 10.4. The van der Waals surface area contributed by atoms with Crippen LogP contribution in [0.4, 0.5) is 4.39 Å². The number of hydrogen-bond donors (Lipinski definition) is 1. The number of hydrogen-bond acceptors (Lipinski definition) is 3. The quantitative estimate of drug-likeness (QED) is 0.452. The minimum atomic E-state index is -0.459. The molecule has 0 radical (unpaired) electrons. The van der Waals surface area contributed by atoms with Crippen LogP contribution in [0.2, 0.25) is 0 Å². The van der Waals surface area contributed by atoms with Gasteiger partial charge in [-0.25, -0.2) is 9.37 Å². The van der Waals surface area contributed by atoms with E-state index in [1.165, 1.54) is 12.1 Å². The monoisotopic (exact) mass is 428 g/mol. The maximum atomic E-state index is 13.5. The molecule has 2 aromatic carbocycles. The van der Waals surface area contributed by atoms with Gasteiger partial charge < -0.3 is 9.88 Å². The Kier molecular flexibility index (Phi) is 5.86. The molecule has 0 fully saturated rings. The number of aromatic nitrogens is 3. The summed E-state index contributed by atoms with van der Waals surface area (Å²) in [5.41, 5.74) is 3.50. The number of carbonyl (C=O) groups excluding carboxylic acids is 1. The second-order valence-electron chi connectivity index (χ2n) is 8.46. The van der Waals surface area contributed by atoms with Crippen LogP contribution in [-0.4, -0.2) is 39.4 Å². The largest absolute Gasteiger partial charge is 0.341 e. The van der Waals surface area contributed by atoms with E-state index in [0.717, 1.165) is 28.3 Å². The predicted octanol–water partition coefficient (Wildman–Crippen LogP) is 5.33. The fraction of sp³-hybridized carbons (Fsp3) is 0.192. The van der Waals surface area contributed by atoms with Gasteiger partial charge in [0.25, 0.3) is 5.91 Å². The van der Waals surface area contributed by atoms with E-state index in [4.69, 9.17) is 4.98 Å². The Balaban J connectivity index is 1.69. The molecule has 0 saturated heterocycles. The van der Waals surface area contributed by atoms with Crippen LogP contribution in [0.1, 0.15) is 30.0 Å². The number of carbonyl (C=O) groups is 1. The van der Waals surface area contributed by atoms with Crippen molar-refractivity contribution >= 4 is 5.91 Å². The second kappa shape index (κ2) is 8.75. The van der Waals surface area contributed by atoms with Crippen molar-refractivity contribution in [3.05, 3.63) is 96.3 Å². The fourth-order valence-corrected chi connectivity index (χ4v) is 3.78. The maximum Gasteiger partial charge on any atom is 0.253 e. The van der Waals surface area contributed by atoms with Gasteiger partial charge in [-0.15, -0.1) is 0 Å². The Morgan fingerprint density at radius 3 is 2.28 bits per heavy atom. The van der Waals surface area contributed by atoms with Gasteiger partial charge in [0.15, 0.2) is 0 Å². The Labute approximate surface area is 187 Å². The van der Waals surface area contributed by atoms with E-state index in [9.17, 15) is 9.18 Å². The highest BCUT2D eigenvalue weighted by Gasteiger charge is 2.30. The Bertz CT molecular complexity index is 1200. The van der Waals surface area contributed by atoms with Crippen LogP contribution < -0.4 is 0 Å². The molecule has 0 spiro atoms. The average molecular weight is 429 g/mol. The third-order valence-corrected chi connectivity index (χ3v) is 5.43. The number of likely N-dealkylation sites (N-methyl/N-ethyl adjacent to an activating group) is 1. The van der Waals surface area contributed by atoms with E-state index < -0.39 is 5.41 Å². The summed E-state index contributed by atoms with van der Waals surface area (Å²) < 4.78 is 13.5. The molecular weight excluding hydrogens is 403 g/mol. The van der Waals surface area contributed by atoms with Crippen LogP contribution in [0.15, 0.2) is 79.1 Å². The smallest absolute Gasteiger partial charge is 0.253 e. The molecule has 5 nitrogen and oxygen atoms in total. The molecule has 0 aliphatic carbocycles. The molecule has 162 valence electrons. The third-order valence-electron chi connectivity index (χ3n) is 5.43. The van der Waals surface area contributed by atoms with Crippen LogP contribution in [0.5, 0.6) is 0 Å². The molecule has 1 N–H and O–H groups in total. The SMILES string of the molecule is CN(CC(C)(C)c1nc(-c2ccc(F)cc2)c(-c2ccncc2)[nH]1)C(=O)c1ccccc1. The first-order chi connectivity index (χ1) is 15.3. The number of benzene rings is 2. The number of halogens is 1. The zero-order chi connectivity index (χ0) is 22.7. The molecule has 0 unspecified atom stereocenters. The Hall–Kier alpha value is -3.80. The van der Waals surface area contributed by atoms with Crippen LogP contribution in [0.25, 0.3) is 22.5 Å². The van der Waals surface area contributed by atoms with E-state index in [0.29, 0.717) is 12.1 Å². The third kappa shape index (κ3) is 4.44. The Morgan fingerprint density at radius 2 is 1.62 bits per heavy atom. The zero-order valence-corrected chi connectivity index (χ0v) is 18.3. The topological polar surface area (TPSA) is 61.9 Å². The summed E-state index contributed by atoms with van der Waals surface area (Å²) in [6.45, 7) is 4.56. The summed E-state index contributed by atoms with van der Waals surface area (Å²) in [7, 11) is 1.80. The van der Waals surface area contributed by atoms with E-state index in [1.54, 1.807) is 36.5 Å². The van der Waals surface area contributed by atoms with Gasteiger partial charge in [0.2, 0.25) is 0 Å². The standard InChI is InChI=1S/C26H25FN4O/c1-26(2,17-31(3)24(32)20-7-5-4-6-8-20)25-29-22(18-9-11-21(27)12-10-18)23(30-25)19-13-15-28-16-14-19/h4-16H,17H2,1-3H3,(H,29,30). The molecule has 0 aliphatic rings. The fourth-order valence-electron chi connectivity index (χ4n) is 3.78. The van der Waals surface area contributed by atoms with Gasteiger partial charge in [0.05, 0.1) is 11.4 Å². The molecular formula is C26H25FN4O. The van der Waals surface area contributed by atoms with Gasteiger partial charge in [-0.05, 0) is 48.5 Å².